The van der Waals surface area contributed by atoms with Crippen molar-refractivity contribution < 1.29 is 14.3 Å². The number of esters is 1. The Morgan fingerprint density at radius 3 is 1.51 bits per heavy atom. The third-order valence-electron chi connectivity index (χ3n) is 11.7. The highest BCUT2D eigenvalue weighted by atomic mass is 16.5. The Kier molecular flexibility index (Phi) is 37.9. The van der Waals surface area contributed by atoms with Crippen LogP contribution in [0.5, 0.6) is 0 Å². The van der Waals surface area contributed by atoms with E-state index in [-0.39, 0.29) is 12.1 Å². The van der Waals surface area contributed by atoms with Crippen LogP contribution in [0, 0.1) is 0 Å². The van der Waals surface area contributed by atoms with E-state index in [2.05, 4.69) is 68.3 Å². The first-order valence-corrected chi connectivity index (χ1v) is 25.0. The summed E-state index contributed by atoms with van der Waals surface area (Å²) in [6, 6.07) is 0. The highest BCUT2D eigenvalue weighted by molar-refractivity contribution is 5.69. The maximum Gasteiger partial charge on any atom is 0.306 e. The first-order chi connectivity index (χ1) is 28.0. The smallest absolute Gasteiger partial charge is 0.306 e. The summed E-state index contributed by atoms with van der Waals surface area (Å²) in [6.07, 6.45) is 50.4. The Bertz CT molecular complexity index is 958. The second-order valence-electron chi connectivity index (χ2n) is 17.4. The highest BCUT2D eigenvalue weighted by Gasteiger charge is 2.14. The first-order valence-electron chi connectivity index (χ1n) is 25.0. The minimum Gasteiger partial charge on any atom is -0.499 e. The van der Waals surface area contributed by atoms with Gasteiger partial charge in [0.05, 0.1) is 12.4 Å². The molecule has 0 bridgehead atoms. The van der Waals surface area contributed by atoms with Gasteiger partial charge in [-0.1, -0.05) is 175 Å². The van der Waals surface area contributed by atoms with Crippen LogP contribution in [-0.4, -0.2) is 54.7 Å². The number of hydrogen-bond acceptors (Lipinski definition) is 5. The molecule has 57 heavy (non-hydrogen) atoms. The molecule has 0 unspecified atom stereocenters. The summed E-state index contributed by atoms with van der Waals surface area (Å²) in [4.78, 5) is 17.9. The van der Waals surface area contributed by atoms with Crippen LogP contribution in [0.1, 0.15) is 239 Å². The van der Waals surface area contributed by atoms with E-state index in [0.717, 1.165) is 63.1 Å². The lowest BCUT2D eigenvalue weighted by atomic mass is 10.0. The zero-order valence-corrected chi connectivity index (χ0v) is 38.5. The fourth-order valence-electron chi connectivity index (χ4n) is 7.93. The fraction of sp³-hybridized carbons (Fsp3) is 0.827. The molecule has 0 N–H and O–H groups in total. The van der Waals surface area contributed by atoms with Crippen molar-refractivity contribution in [3.63, 3.8) is 0 Å². The predicted octanol–water partition coefficient (Wildman–Crippen LogP) is 16.0. The summed E-state index contributed by atoms with van der Waals surface area (Å²) < 4.78 is 12.0. The lowest BCUT2D eigenvalue weighted by Crippen LogP contribution is -2.29. The number of nitrogens with zero attached hydrogens (tertiary/aromatic N) is 2. The second kappa shape index (κ2) is 40.8. The first kappa shape index (κ1) is 53.0. The Hall–Kier alpha value is -2.01. The van der Waals surface area contributed by atoms with E-state index in [0.29, 0.717) is 6.42 Å². The third kappa shape index (κ3) is 35.6. The van der Waals surface area contributed by atoms with Gasteiger partial charge < -0.3 is 19.3 Å². The fourth-order valence-corrected chi connectivity index (χ4v) is 7.93. The largest absolute Gasteiger partial charge is 0.499 e. The van der Waals surface area contributed by atoms with Gasteiger partial charge in [-0.05, 0) is 102 Å². The van der Waals surface area contributed by atoms with Crippen molar-refractivity contribution in [3.8, 4) is 0 Å². The van der Waals surface area contributed by atoms with Crippen molar-refractivity contribution in [3.05, 3.63) is 49.0 Å². The molecule has 1 heterocycles. The average Bonchev–Trinajstić information content (AvgIpc) is 3.21. The second-order valence-corrected chi connectivity index (χ2v) is 17.4. The van der Waals surface area contributed by atoms with Crippen LogP contribution in [0.25, 0.3) is 0 Å². The lowest BCUT2D eigenvalue weighted by molar-refractivity contribution is -0.150. The molecule has 0 aromatic heterocycles. The molecule has 5 heteroatoms. The molecular weight excluding hydrogens is 701 g/mol. The Labute approximate surface area is 355 Å². The van der Waals surface area contributed by atoms with Gasteiger partial charge >= 0.3 is 5.97 Å². The van der Waals surface area contributed by atoms with Crippen molar-refractivity contribution in [2.24, 2.45) is 0 Å². The number of allylic oxidation sites excluding steroid dienone is 4. The molecule has 0 saturated carbocycles. The van der Waals surface area contributed by atoms with Gasteiger partial charge in [-0.2, -0.15) is 0 Å². The van der Waals surface area contributed by atoms with E-state index in [1.807, 2.05) is 0 Å². The van der Waals surface area contributed by atoms with E-state index in [4.69, 9.17) is 9.47 Å². The number of carbonyl (C=O) groups is 1. The van der Waals surface area contributed by atoms with Crippen LogP contribution < -0.4 is 0 Å². The molecule has 1 aliphatic heterocycles. The van der Waals surface area contributed by atoms with Crippen LogP contribution in [0.15, 0.2) is 49.0 Å². The van der Waals surface area contributed by atoms with Gasteiger partial charge in [0.15, 0.2) is 0 Å². The summed E-state index contributed by atoms with van der Waals surface area (Å²) in [6.45, 7) is 20.5. The molecule has 0 fully saturated rings. The van der Waals surface area contributed by atoms with Crippen LogP contribution in [0.2, 0.25) is 0 Å². The van der Waals surface area contributed by atoms with Gasteiger partial charge in [0.25, 0.3) is 0 Å². The van der Waals surface area contributed by atoms with Crippen LogP contribution >= 0.6 is 0 Å². The topological polar surface area (TPSA) is 42.0 Å². The Balaban J connectivity index is 2.30. The van der Waals surface area contributed by atoms with Gasteiger partial charge in [-0.15, -0.1) is 0 Å². The number of hydrogen-bond donors (Lipinski definition) is 0. The quantitative estimate of drug-likeness (QED) is 0.0349. The summed E-state index contributed by atoms with van der Waals surface area (Å²) in [5.74, 6) is 1.03. The van der Waals surface area contributed by atoms with Crippen molar-refractivity contribution in [1.82, 2.24) is 9.80 Å². The van der Waals surface area contributed by atoms with Crippen LogP contribution in [0.4, 0.5) is 0 Å². The summed E-state index contributed by atoms with van der Waals surface area (Å²) in [5.41, 5.74) is 1.07. The predicted molar refractivity (Wildman–Crippen MR) is 250 cm³/mol. The molecule has 0 aromatic carbocycles. The average molecular weight is 797 g/mol. The molecule has 0 aliphatic carbocycles. The number of carbonyl (C=O) groups excluding carboxylic acids is 1. The summed E-state index contributed by atoms with van der Waals surface area (Å²) in [7, 11) is 0. The molecule has 332 valence electrons. The monoisotopic (exact) mass is 797 g/mol. The van der Waals surface area contributed by atoms with Crippen molar-refractivity contribution in [2.75, 3.05) is 32.8 Å². The van der Waals surface area contributed by atoms with Crippen molar-refractivity contribution >= 4 is 5.97 Å². The third-order valence-corrected chi connectivity index (χ3v) is 11.7. The van der Waals surface area contributed by atoms with E-state index >= 15 is 0 Å². The standard InChI is InChI=1S/C52H96N2O3/c1-6-9-12-15-18-27-34-48-56-50(5)36-28-21-19-25-32-42-53(44-35-45-54-46-40-49(4)41-47-54)43-33-26-20-24-31-39-52(55)57-51(37-29-22-16-13-10-7-2)38-30-23-17-14-11-8-3/h40-41,46-47,51H,4-39,42-45,48H2,1-3H3. The molecular formula is C52H96N2O3. The Morgan fingerprint density at radius 2 is 0.982 bits per heavy atom. The van der Waals surface area contributed by atoms with Gasteiger partial charge in [-0.25, -0.2) is 0 Å². The maximum atomic E-state index is 12.9. The van der Waals surface area contributed by atoms with Gasteiger partial charge in [0.1, 0.15) is 6.10 Å². The lowest BCUT2D eigenvalue weighted by Gasteiger charge is -2.24. The van der Waals surface area contributed by atoms with Gasteiger partial charge in [0.2, 0.25) is 0 Å². The van der Waals surface area contributed by atoms with Gasteiger partial charge in [0, 0.05) is 31.8 Å². The molecule has 1 aliphatic rings. The van der Waals surface area contributed by atoms with Gasteiger partial charge in [-0.3, -0.25) is 4.79 Å². The molecule has 0 saturated heterocycles. The molecule has 1 rings (SSSR count). The van der Waals surface area contributed by atoms with E-state index in [1.54, 1.807) is 0 Å². The minimum atomic E-state index is 0.0444. The number of ether oxygens (including phenoxy) is 2. The highest BCUT2D eigenvalue weighted by Crippen LogP contribution is 2.19. The Morgan fingerprint density at radius 1 is 0.561 bits per heavy atom. The van der Waals surface area contributed by atoms with Crippen LogP contribution in [-0.2, 0) is 14.3 Å². The zero-order chi connectivity index (χ0) is 41.3. The minimum absolute atomic E-state index is 0.0444. The van der Waals surface area contributed by atoms with Crippen LogP contribution in [0.3, 0.4) is 0 Å². The van der Waals surface area contributed by atoms with E-state index in [9.17, 15) is 4.79 Å². The molecule has 0 amide bonds. The normalized spacial score (nSPS) is 12.7. The summed E-state index contributed by atoms with van der Waals surface area (Å²) in [5, 5.41) is 0. The molecule has 0 atom stereocenters. The number of rotatable bonds is 44. The van der Waals surface area contributed by atoms with Crippen molar-refractivity contribution in [2.45, 2.75) is 245 Å². The molecule has 5 nitrogen and oxygen atoms in total. The zero-order valence-electron chi connectivity index (χ0n) is 38.5. The summed E-state index contributed by atoms with van der Waals surface area (Å²) >= 11 is 0. The molecule has 0 spiro atoms. The molecule has 0 aromatic rings. The van der Waals surface area contributed by atoms with E-state index < -0.39 is 0 Å². The SMILES string of the molecule is C=C1C=CN(CCCN(CCCCCCCC(=C)OCCCCCCCCC)CCCCCCCC(=O)OC(CCCCCCCC)CCCCCCCC)C=C1. The molecule has 0 radical (unpaired) electrons. The number of unbranched alkanes of at least 4 members (excludes halogenated alkanes) is 24. The van der Waals surface area contributed by atoms with Crippen molar-refractivity contribution in [1.29, 1.82) is 0 Å². The van der Waals surface area contributed by atoms with E-state index in [1.165, 1.54) is 193 Å². The maximum absolute atomic E-state index is 12.9.